The monoisotopic (exact) mass is 383 g/mol. The van der Waals surface area contributed by atoms with Crippen LogP contribution >= 0.6 is 11.6 Å². The zero-order chi connectivity index (χ0) is 18.8. The molecule has 6 nitrogen and oxygen atoms in total. The van der Waals surface area contributed by atoms with Crippen molar-refractivity contribution in [3.05, 3.63) is 65.0 Å². The lowest BCUT2D eigenvalue weighted by atomic mass is 10.1. The minimum absolute atomic E-state index is 0.0961. The maximum absolute atomic E-state index is 13.1. The molecule has 2 heterocycles. The molecule has 0 bridgehead atoms. The smallest absolute Gasteiger partial charge is 0.258 e. The first-order chi connectivity index (χ1) is 13.2. The zero-order valence-corrected chi connectivity index (χ0v) is 15.5. The fourth-order valence-electron chi connectivity index (χ4n) is 3.33. The number of para-hydroxylation sites is 1. The van der Waals surface area contributed by atoms with Gasteiger partial charge in [0.05, 0.1) is 12.7 Å². The molecule has 0 N–H and O–H groups in total. The number of halogens is 1. The number of nitrogens with zero attached hydrogens (tertiary/aromatic N) is 3. The number of hydrogen-bond donors (Lipinski definition) is 0. The molecule has 4 rings (SSSR count). The molecule has 0 radical (unpaired) electrons. The molecule has 138 valence electrons. The van der Waals surface area contributed by atoms with Crippen molar-refractivity contribution >= 4 is 17.5 Å². The van der Waals surface area contributed by atoms with Gasteiger partial charge in [-0.15, -0.1) is 0 Å². The minimum Gasteiger partial charge on any atom is -0.496 e. The van der Waals surface area contributed by atoms with Crippen molar-refractivity contribution in [1.82, 2.24) is 15.0 Å². The summed E-state index contributed by atoms with van der Waals surface area (Å²) in [7, 11) is 1.56. The number of aromatic nitrogens is 2. The number of rotatable bonds is 4. The first-order valence-electron chi connectivity index (χ1n) is 8.71. The summed E-state index contributed by atoms with van der Waals surface area (Å²) in [5, 5.41) is 4.71. The maximum Gasteiger partial charge on any atom is 0.258 e. The van der Waals surface area contributed by atoms with E-state index in [0.29, 0.717) is 34.6 Å². The van der Waals surface area contributed by atoms with Gasteiger partial charge in [0.1, 0.15) is 11.8 Å². The van der Waals surface area contributed by atoms with Crippen molar-refractivity contribution in [1.29, 1.82) is 0 Å². The third-order valence-corrected chi connectivity index (χ3v) is 4.93. The molecule has 0 aliphatic carbocycles. The second kappa shape index (κ2) is 7.40. The van der Waals surface area contributed by atoms with Gasteiger partial charge < -0.3 is 14.2 Å². The summed E-state index contributed by atoms with van der Waals surface area (Å²) in [5.41, 5.74) is 1.35. The molecule has 2 aromatic carbocycles. The van der Waals surface area contributed by atoms with Crippen LogP contribution in [0.5, 0.6) is 5.75 Å². The number of ether oxygens (including phenoxy) is 1. The van der Waals surface area contributed by atoms with E-state index in [1.807, 2.05) is 24.3 Å². The summed E-state index contributed by atoms with van der Waals surface area (Å²) in [6.45, 7) is 0.639. The normalized spacial score (nSPS) is 16.5. The highest BCUT2D eigenvalue weighted by molar-refractivity contribution is 6.30. The van der Waals surface area contributed by atoms with Crippen molar-refractivity contribution in [2.24, 2.45) is 0 Å². The van der Waals surface area contributed by atoms with E-state index < -0.39 is 0 Å². The number of methoxy groups -OCH3 is 1. The summed E-state index contributed by atoms with van der Waals surface area (Å²) in [6.07, 6.45) is 1.66. The SMILES string of the molecule is COc1ccccc1C(=O)N1CCCC1c1nc(-c2ccc(Cl)cc2)no1. The Labute approximate surface area is 161 Å². The summed E-state index contributed by atoms with van der Waals surface area (Å²) >= 11 is 5.93. The Morgan fingerprint density at radius 2 is 2.00 bits per heavy atom. The van der Waals surface area contributed by atoms with Crippen LogP contribution in [0.1, 0.15) is 35.1 Å². The first-order valence-corrected chi connectivity index (χ1v) is 9.08. The van der Waals surface area contributed by atoms with E-state index in [0.717, 1.165) is 18.4 Å². The van der Waals surface area contributed by atoms with Gasteiger partial charge in [0.2, 0.25) is 11.7 Å². The molecule has 1 aromatic heterocycles. The molecule has 1 aliphatic rings. The average Bonchev–Trinajstić information content (AvgIpc) is 3.37. The highest BCUT2D eigenvalue weighted by atomic mass is 35.5. The highest BCUT2D eigenvalue weighted by Crippen LogP contribution is 2.34. The standard InChI is InChI=1S/C20H18ClN3O3/c1-26-17-7-3-2-5-15(17)20(25)24-12-4-6-16(24)19-22-18(23-27-19)13-8-10-14(21)11-9-13/h2-3,5,7-11,16H,4,6,12H2,1H3. The van der Waals surface area contributed by atoms with Crippen molar-refractivity contribution in [3.8, 4) is 17.1 Å². The Morgan fingerprint density at radius 1 is 1.22 bits per heavy atom. The van der Waals surface area contributed by atoms with Crippen LogP contribution < -0.4 is 4.74 Å². The lowest BCUT2D eigenvalue weighted by Gasteiger charge is -2.22. The van der Waals surface area contributed by atoms with Gasteiger partial charge in [0.15, 0.2) is 0 Å². The van der Waals surface area contributed by atoms with Crippen molar-refractivity contribution in [2.45, 2.75) is 18.9 Å². The number of amides is 1. The van der Waals surface area contributed by atoms with E-state index in [4.69, 9.17) is 20.9 Å². The minimum atomic E-state index is -0.240. The lowest BCUT2D eigenvalue weighted by molar-refractivity contribution is 0.0706. The van der Waals surface area contributed by atoms with Crippen LogP contribution in [-0.4, -0.2) is 34.6 Å². The van der Waals surface area contributed by atoms with E-state index >= 15 is 0 Å². The van der Waals surface area contributed by atoms with Crippen LogP contribution in [0.3, 0.4) is 0 Å². The molecule has 0 spiro atoms. The van der Waals surface area contributed by atoms with Crippen LogP contribution in [0.4, 0.5) is 0 Å². The molecule has 27 heavy (non-hydrogen) atoms. The molecular weight excluding hydrogens is 366 g/mol. The summed E-state index contributed by atoms with van der Waals surface area (Å²) < 4.78 is 10.8. The Bertz CT molecular complexity index is 955. The fourth-order valence-corrected chi connectivity index (χ4v) is 3.46. The van der Waals surface area contributed by atoms with Gasteiger partial charge in [-0.1, -0.05) is 28.9 Å². The van der Waals surface area contributed by atoms with E-state index in [1.54, 1.807) is 36.3 Å². The summed E-state index contributed by atoms with van der Waals surface area (Å²) in [6, 6.07) is 14.2. The lowest BCUT2D eigenvalue weighted by Crippen LogP contribution is -2.31. The zero-order valence-electron chi connectivity index (χ0n) is 14.8. The van der Waals surface area contributed by atoms with E-state index in [-0.39, 0.29) is 11.9 Å². The highest BCUT2D eigenvalue weighted by Gasteiger charge is 2.35. The molecule has 1 saturated heterocycles. The number of carbonyl (C=O) groups excluding carboxylic acids is 1. The van der Waals surface area contributed by atoms with Gasteiger partial charge >= 0.3 is 0 Å². The molecule has 1 aliphatic heterocycles. The van der Waals surface area contributed by atoms with Crippen LogP contribution in [0.15, 0.2) is 53.1 Å². The Hall–Kier alpha value is -2.86. The van der Waals surface area contributed by atoms with Crippen molar-refractivity contribution < 1.29 is 14.1 Å². The molecule has 1 atom stereocenters. The van der Waals surface area contributed by atoms with Gasteiger partial charge in [0.25, 0.3) is 5.91 Å². The first kappa shape index (κ1) is 17.5. The molecule has 1 fully saturated rings. The molecule has 0 saturated carbocycles. The maximum atomic E-state index is 13.1. The van der Waals surface area contributed by atoms with Crippen LogP contribution in [-0.2, 0) is 0 Å². The second-order valence-electron chi connectivity index (χ2n) is 6.32. The van der Waals surface area contributed by atoms with Crippen molar-refractivity contribution in [3.63, 3.8) is 0 Å². The Morgan fingerprint density at radius 3 is 2.78 bits per heavy atom. The van der Waals surface area contributed by atoms with Gasteiger partial charge in [0, 0.05) is 17.1 Å². The predicted molar refractivity (Wildman–Crippen MR) is 101 cm³/mol. The third-order valence-electron chi connectivity index (χ3n) is 4.68. The molecule has 1 amide bonds. The molecule has 7 heteroatoms. The third kappa shape index (κ3) is 3.40. The average molecular weight is 384 g/mol. The number of likely N-dealkylation sites (tertiary alicyclic amines) is 1. The van der Waals surface area contributed by atoms with Crippen LogP contribution in [0.2, 0.25) is 5.02 Å². The number of hydrogen-bond acceptors (Lipinski definition) is 5. The Balaban J connectivity index is 1.60. The van der Waals surface area contributed by atoms with Crippen molar-refractivity contribution in [2.75, 3.05) is 13.7 Å². The van der Waals surface area contributed by atoms with Gasteiger partial charge in [-0.25, -0.2) is 0 Å². The quantitative estimate of drug-likeness (QED) is 0.668. The van der Waals surface area contributed by atoms with E-state index in [1.165, 1.54) is 0 Å². The van der Waals surface area contributed by atoms with E-state index in [2.05, 4.69) is 10.1 Å². The summed E-state index contributed by atoms with van der Waals surface area (Å²) in [4.78, 5) is 19.4. The van der Waals surface area contributed by atoms with Crippen LogP contribution in [0, 0.1) is 0 Å². The fraction of sp³-hybridized carbons (Fsp3) is 0.250. The number of benzene rings is 2. The van der Waals surface area contributed by atoms with Gasteiger partial charge in [-0.2, -0.15) is 4.98 Å². The second-order valence-corrected chi connectivity index (χ2v) is 6.76. The van der Waals surface area contributed by atoms with E-state index in [9.17, 15) is 4.79 Å². The molecule has 1 unspecified atom stereocenters. The van der Waals surface area contributed by atoms with Gasteiger partial charge in [-0.3, -0.25) is 4.79 Å². The topological polar surface area (TPSA) is 68.5 Å². The molecular formula is C20H18ClN3O3. The summed E-state index contributed by atoms with van der Waals surface area (Å²) in [5.74, 6) is 1.39. The largest absolute Gasteiger partial charge is 0.496 e. The predicted octanol–water partition coefficient (Wildman–Crippen LogP) is 4.38. The van der Waals surface area contributed by atoms with Gasteiger partial charge in [-0.05, 0) is 49.2 Å². The number of carbonyl (C=O) groups is 1. The molecule has 3 aromatic rings. The van der Waals surface area contributed by atoms with Crippen LogP contribution in [0.25, 0.3) is 11.4 Å². The Kier molecular flexibility index (Phi) is 4.81.